The number of benzene rings is 2. The van der Waals surface area contributed by atoms with Crippen LogP contribution in [0.15, 0.2) is 73.1 Å². The van der Waals surface area contributed by atoms with E-state index in [0.717, 1.165) is 59.8 Å². The van der Waals surface area contributed by atoms with Crippen molar-refractivity contribution < 1.29 is 14.3 Å². The first-order chi connectivity index (χ1) is 16.4. The molecule has 0 radical (unpaired) electrons. The molecule has 1 unspecified atom stereocenters. The monoisotopic (exact) mass is 460 g/mol. The summed E-state index contributed by atoms with van der Waals surface area (Å²) in [4.78, 5) is 21.5. The number of nitrogens with one attached hydrogen (secondary N) is 1. The van der Waals surface area contributed by atoms with Crippen molar-refractivity contribution in [2.24, 2.45) is 0 Å². The molecule has 1 aliphatic heterocycles. The number of carbonyl (C=O) groups is 1. The van der Waals surface area contributed by atoms with E-state index in [0.29, 0.717) is 6.54 Å². The Hall–Kier alpha value is -3.55. The van der Waals surface area contributed by atoms with Gasteiger partial charge in [-0.3, -0.25) is 14.7 Å². The second-order valence-corrected chi connectivity index (χ2v) is 8.61. The van der Waals surface area contributed by atoms with Crippen LogP contribution in [0.4, 0.5) is 4.39 Å². The van der Waals surface area contributed by atoms with E-state index >= 15 is 0 Å². The van der Waals surface area contributed by atoms with Crippen molar-refractivity contribution >= 4 is 16.9 Å². The van der Waals surface area contributed by atoms with Crippen molar-refractivity contribution in [3.05, 3.63) is 90.1 Å². The number of fused-ring (bicyclic) bond motifs is 1. The molecule has 0 bridgehead atoms. The Bertz CT molecular complexity index is 1250. The number of hydrogen-bond acceptors (Lipinski definition) is 4. The Labute approximate surface area is 198 Å². The van der Waals surface area contributed by atoms with Crippen molar-refractivity contribution in [1.29, 1.82) is 0 Å². The molecule has 0 aliphatic carbocycles. The molecule has 1 saturated heterocycles. The normalized spacial score (nSPS) is 16.7. The standard InChI is InChI=1S/C25H25FN4.C2H4O2/c1-29-12-13-30(25(17-29)24-4-2-3-10-27-24)16-21-15-18(5-7-22(21)26)19-6-8-23-20(14-19)9-11-28-23;1-2(3)4/h2-11,14-15,25,28H,12-13,16-17H2,1H3;1H3,(H,3,4). The van der Waals surface area contributed by atoms with Crippen LogP contribution in [0.2, 0.25) is 0 Å². The van der Waals surface area contributed by atoms with E-state index < -0.39 is 5.97 Å². The van der Waals surface area contributed by atoms with Gasteiger partial charge in [-0.2, -0.15) is 0 Å². The van der Waals surface area contributed by atoms with Crippen LogP contribution in [0.1, 0.15) is 24.2 Å². The average molecular weight is 461 g/mol. The van der Waals surface area contributed by atoms with E-state index in [-0.39, 0.29) is 11.9 Å². The minimum atomic E-state index is -0.833. The van der Waals surface area contributed by atoms with Crippen LogP contribution >= 0.6 is 0 Å². The molecule has 1 atom stereocenters. The van der Waals surface area contributed by atoms with Gasteiger partial charge in [0.15, 0.2) is 0 Å². The molecule has 2 aromatic heterocycles. The molecule has 1 fully saturated rings. The lowest BCUT2D eigenvalue weighted by Gasteiger charge is -2.39. The van der Waals surface area contributed by atoms with Gasteiger partial charge in [-0.05, 0) is 66.0 Å². The maximum atomic E-state index is 14.8. The van der Waals surface area contributed by atoms with Crippen LogP contribution < -0.4 is 0 Å². The van der Waals surface area contributed by atoms with Crippen molar-refractivity contribution in [1.82, 2.24) is 19.8 Å². The molecule has 2 N–H and O–H groups in total. The number of likely N-dealkylation sites (N-methyl/N-ethyl adjacent to an activating group) is 1. The van der Waals surface area contributed by atoms with Gasteiger partial charge in [0.2, 0.25) is 0 Å². The lowest BCUT2D eigenvalue weighted by atomic mass is 10.00. The summed E-state index contributed by atoms with van der Waals surface area (Å²) in [6, 6.07) is 20.0. The third kappa shape index (κ3) is 5.68. The minimum Gasteiger partial charge on any atom is -0.481 e. The Kier molecular flexibility index (Phi) is 7.35. The molecule has 6 nitrogen and oxygen atoms in total. The van der Waals surface area contributed by atoms with Crippen LogP contribution in [0, 0.1) is 5.82 Å². The number of aliphatic carboxylic acids is 1. The molecule has 176 valence electrons. The predicted octanol–water partition coefficient (Wildman–Crippen LogP) is 4.95. The summed E-state index contributed by atoms with van der Waals surface area (Å²) in [5.74, 6) is -0.986. The molecule has 34 heavy (non-hydrogen) atoms. The van der Waals surface area contributed by atoms with Gasteiger partial charge in [0.1, 0.15) is 5.82 Å². The molecular weight excluding hydrogens is 431 g/mol. The van der Waals surface area contributed by atoms with E-state index in [4.69, 9.17) is 9.90 Å². The van der Waals surface area contributed by atoms with Gasteiger partial charge in [0.25, 0.3) is 5.97 Å². The number of carboxylic acids is 1. The summed E-state index contributed by atoms with van der Waals surface area (Å²) in [5.41, 5.74) is 5.02. The zero-order chi connectivity index (χ0) is 24.1. The Morgan fingerprint density at radius 3 is 2.65 bits per heavy atom. The number of carboxylic acid groups (broad SMARTS) is 1. The molecular formula is C27H29FN4O2. The van der Waals surface area contributed by atoms with Crippen molar-refractivity contribution in [3.63, 3.8) is 0 Å². The lowest BCUT2D eigenvalue weighted by Crippen LogP contribution is -2.46. The van der Waals surface area contributed by atoms with Gasteiger partial charge in [-0.25, -0.2) is 4.39 Å². The van der Waals surface area contributed by atoms with Gasteiger partial charge in [-0.1, -0.05) is 18.2 Å². The Morgan fingerprint density at radius 2 is 1.88 bits per heavy atom. The van der Waals surface area contributed by atoms with Gasteiger partial charge < -0.3 is 15.0 Å². The topological polar surface area (TPSA) is 72.5 Å². The van der Waals surface area contributed by atoms with E-state index in [9.17, 15) is 4.39 Å². The minimum absolute atomic E-state index is 0.153. The summed E-state index contributed by atoms with van der Waals surface area (Å²) in [6.45, 7) is 4.40. The summed E-state index contributed by atoms with van der Waals surface area (Å²) < 4.78 is 14.8. The third-order valence-corrected chi connectivity index (χ3v) is 6.03. The number of hydrogen-bond donors (Lipinski definition) is 2. The maximum Gasteiger partial charge on any atom is 0.300 e. The molecule has 1 aliphatic rings. The van der Waals surface area contributed by atoms with Crippen molar-refractivity contribution in [2.75, 3.05) is 26.7 Å². The predicted molar refractivity (Wildman–Crippen MR) is 132 cm³/mol. The second-order valence-electron chi connectivity index (χ2n) is 8.61. The Balaban J connectivity index is 0.000000636. The molecule has 2 aromatic carbocycles. The quantitative estimate of drug-likeness (QED) is 0.451. The highest BCUT2D eigenvalue weighted by atomic mass is 19.1. The number of aromatic amines is 1. The molecule has 5 rings (SSSR count). The summed E-state index contributed by atoms with van der Waals surface area (Å²) in [7, 11) is 2.13. The maximum absolute atomic E-state index is 14.8. The number of halogens is 1. The first kappa shape index (κ1) is 23.6. The van der Waals surface area contributed by atoms with Crippen LogP contribution in [0.25, 0.3) is 22.0 Å². The highest BCUT2D eigenvalue weighted by Gasteiger charge is 2.28. The summed E-state index contributed by atoms with van der Waals surface area (Å²) in [5, 5.41) is 8.58. The highest BCUT2D eigenvalue weighted by molar-refractivity contribution is 5.85. The number of H-pyrrole nitrogens is 1. The number of rotatable bonds is 4. The first-order valence-corrected chi connectivity index (χ1v) is 11.3. The first-order valence-electron chi connectivity index (χ1n) is 11.3. The fraction of sp³-hybridized carbons (Fsp3) is 0.259. The largest absolute Gasteiger partial charge is 0.481 e. The van der Waals surface area contributed by atoms with Crippen LogP contribution in [0.3, 0.4) is 0 Å². The zero-order valence-electron chi connectivity index (χ0n) is 19.4. The van der Waals surface area contributed by atoms with E-state index in [2.05, 4.69) is 57.1 Å². The third-order valence-electron chi connectivity index (χ3n) is 6.03. The van der Waals surface area contributed by atoms with Gasteiger partial charge >= 0.3 is 0 Å². The van der Waals surface area contributed by atoms with Crippen molar-refractivity contribution in [3.8, 4) is 11.1 Å². The molecule has 0 saturated carbocycles. The van der Waals surface area contributed by atoms with Gasteiger partial charge in [0.05, 0.1) is 11.7 Å². The SMILES string of the molecule is CC(=O)O.CN1CCN(Cc2cc(-c3ccc4[nH]ccc4c3)ccc2F)C(c2ccccn2)C1. The van der Waals surface area contributed by atoms with E-state index in [1.165, 1.54) is 0 Å². The Morgan fingerprint density at radius 1 is 1.12 bits per heavy atom. The fourth-order valence-corrected chi connectivity index (χ4v) is 4.33. The molecule has 0 spiro atoms. The fourth-order valence-electron chi connectivity index (χ4n) is 4.33. The second kappa shape index (κ2) is 10.6. The summed E-state index contributed by atoms with van der Waals surface area (Å²) in [6.07, 6.45) is 3.77. The van der Waals surface area contributed by atoms with Gasteiger partial charge in [0, 0.05) is 56.6 Å². The average Bonchev–Trinajstić information content (AvgIpc) is 3.30. The van der Waals surface area contributed by atoms with Crippen LogP contribution in [-0.4, -0.2) is 57.5 Å². The molecule has 7 heteroatoms. The molecule has 0 amide bonds. The smallest absolute Gasteiger partial charge is 0.300 e. The highest BCUT2D eigenvalue weighted by Crippen LogP contribution is 2.29. The van der Waals surface area contributed by atoms with Crippen LogP contribution in [0.5, 0.6) is 0 Å². The van der Waals surface area contributed by atoms with Crippen molar-refractivity contribution in [2.45, 2.75) is 19.5 Å². The number of pyridine rings is 1. The zero-order valence-corrected chi connectivity index (χ0v) is 19.4. The summed E-state index contributed by atoms with van der Waals surface area (Å²) >= 11 is 0. The van der Waals surface area contributed by atoms with E-state index in [1.54, 1.807) is 6.07 Å². The van der Waals surface area contributed by atoms with E-state index in [1.807, 2.05) is 36.7 Å². The number of piperazine rings is 1. The number of nitrogens with zero attached hydrogens (tertiary/aromatic N) is 3. The lowest BCUT2D eigenvalue weighted by molar-refractivity contribution is -0.134. The molecule has 3 heterocycles. The number of aromatic nitrogens is 2. The molecule has 4 aromatic rings. The van der Waals surface area contributed by atoms with Crippen LogP contribution in [-0.2, 0) is 11.3 Å². The van der Waals surface area contributed by atoms with Gasteiger partial charge in [-0.15, -0.1) is 0 Å².